The zero-order valence-corrected chi connectivity index (χ0v) is 11.7. The van der Waals surface area contributed by atoms with Gasteiger partial charge in [0.05, 0.1) is 0 Å². The summed E-state index contributed by atoms with van der Waals surface area (Å²) in [6, 6.07) is 0. The van der Waals surface area contributed by atoms with Crippen molar-refractivity contribution in [2.45, 2.75) is 54.9 Å². The molecule has 0 aromatic rings. The van der Waals surface area contributed by atoms with Crippen molar-refractivity contribution in [3.8, 4) is 0 Å². The molecule has 0 bridgehead atoms. The first-order valence-corrected chi connectivity index (χ1v) is 5.93. The van der Waals surface area contributed by atoms with E-state index in [1.165, 1.54) is 6.42 Å². The van der Waals surface area contributed by atoms with Gasteiger partial charge in [-0.05, 0) is 27.1 Å². The monoisotopic (exact) mass is 207 g/mol. The van der Waals surface area contributed by atoms with Crippen LogP contribution < -0.4 is 0 Å². The highest BCUT2D eigenvalue weighted by molar-refractivity contribution is 4.36. The molecule has 0 aliphatic carbocycles. The van der Waals surface area contributed by atoms with Crippen molar-refractivity contribution < 1.29 is 5.11 Å². The highest BCUT2D eigenvalue weighted by Gasteiger charge is 1.81. The first kappa shape index (κ1) is 23.6. The number of nitrogens with zero attached hydrogens (tertiary/aromatic N) is 1. The van der Waals surface area contributed by atoms with E-state index < -0.39 is 0 Å². The molecule has 0 aliphatic rings. The van der Waals surface area contributed by atoms with Crippen molar-refractivity contribution in [1.82, 2.24) is 4.90 Å². The van der Waals surface area contributed by atoms with Crippen LogP contribution in [0.3, 0.4) is 0 Å². The van der Waals surface area contributed by atoms with Gasteiger partial charge in [0.1, 0.15) is 0 Å². The van der Waals surface area contributed by atoms with Crippen LogP contribution in [0.25, 0.3) is 0 Å². The molecule has 0 amide bonds. The second-order valence-electron chi connectivity index (χ2n) is 2.51. The van der Waals surface area contributed by atoms with E-state index in [0.29, 0.717) is 0 Å². The lowest BCUT2D eigenvalue weighted by atomic mass is 10.6. The molecular weight excluding hydrogens is 174 g/mol. The predicted molar refractivity (Wildman–Crippen MR) is 68.9 cm³/mol. The Kier molecular flexibility index (Phi) is 64.7. The fraction of sp³-hybridized carbons (Fsp3) is 1.00. The highest BCUT2D eigenvalue weighted by atomic mass is 16.2. The summed E-state index contributed by atoms with van der Waals surface area (Å²) in [6.07, 6.45) is 1.25. The first-order valence-electron chi connectivity index (χ1n) is 5.93. The zero-order valence-electron chi connectivity index (χ0n) is 11.7. The topological polar surface area (TPSA) is 23.5 Å². The quantitative estimate of drug-likeness (QED) is 0.750. The highest BCUT2D eigenvalue weighted by Crippen LogP contribution is 1.73. The fourth-order valence-corrected chi connectivity index (χ4v) is 0.224. The van der Waals surface area contributed by atoms with E-state index in [0.717, 1.165) is 13.1 Å². The van der Waals surface area contributed by atoms with Gasteiger partial charge in [0.2, 0.25) is 0 Å². The Morgan fingerprint density at radius 1 is 0.857 bits per heavy atom. The van der Waals surface area contributed by atoms with Gasteiger partial charge in [-0.15, -0.1) is 0 Å². The van der Waals surface area contributed by atoms with Crippen molar-refractivity contribution in [3.05, 3.63) is 0 Å². The van der Waals surface area contributed by atoms with Crippen LogP contribution in [0, 0.1) is 0 Å². The number of hydrogen-bond donors (Lipinski definition) is 1. The number of hydrogen-bond acceptors (Lipinski definition) is 2. The van der Waals surface area contributed by atoms with Crippen LogP contribution in [-0.2, 0) is 0 Å². The molecule has 0 spiro atoms. The minimum atomic E-state index is 0.250. The summed E-state index contributed by atoms with van der Waals surface area (Å²) in [6.45, 7) is 16.8. The summed E-state index contributed by atoms with van der Waals surface area (Å²) in [5.74, 6) is 0. The minimum absolute atomic E-state index is 0.250. The molecule has 92 valence electrons. The number of rotatable bonds is 2. The fourth-order valence-electron chi connectivity index (χ4n) is 0.224. The molecule has 0 unspecified atom stereocenters. The van der Waals surface area contributed by atoms with E-state index in [-0.39, 0.29) is 6.61 Å². The van der Waals surface area contributed by atoms with Gasteiger partial charge >= 0.3 is 0 Å². The summed E-state index contributed by atoms with van der Waals surface area (Å²) >= 11 is 0. The molecule has 14 heavy (non-hydrogen) atoms. The van der Waals surface area contributed by atoms with Gasteiger partial charge in [-0.1, -0.05) is 48.0 Å². The third-order valence-electron chi connectivity index (χ3n) is 1.08. The Hall–Kier alpha value is -0.0800. The normalized spacial score (nSPS) is 7.29. The Labute approximate surface area is 92.3 Å². The van der Waals surface area contributed by atoms with Crippen molar-refractivity contribution in [2.75, 3.05) is 26.7 Å². The van der Waals surface area contributed by atoms with Crippen LogP contribution in [0.4, 0.5) is 0 Å². The van der Waals surface area contributed by atoms with Crippen LogP contribution in [0.1, 0.15) is 54.9 Å². The number of aliphatic hydroxyl groups is 1. The van der Waals surface area contributed by atoms with Gasteiger partial charge < -0.3 is 10.0 Å². The minimum Gasteiger partial charge on any atom is -0.397 e. The van der Waals surface area contributed by atoms with E-state index in [9.17, 15) is 0 Å². The zero-order chi connectivity index (χ0) is 12.4. The van der Waals surface area contributed by atoms with Gasteiger partial charge in [-0.25, -0.2) is 0 Å². The largest absolute Gasteiger partial charge is 0.397 e. The second kappa shape index (κ2) is 38.3. The lowest BCUT2D eigenvalue weighted by Crippen LogP contribution is -2.15. The van der Waals surface area contributed by atoms with Crippen LogP contribution in [-0.4, -0.2) is 36.8 Å². The third kappa shape index (κ3) is 92.5. The summed E-state index contributed by atoms with van der Waals surface area (Å²) in [4.78, 5) is 2.25. The molecule has 0 atom stereocenters. The molecule has 0 heterocycles. The Morgan fingerprint density at radius 3 is 1.00 bits per heavy atom. The molecule has 0 aromatic heterocycles. The first-order chi connectivity index (χ1) is 6.64. The molecule has 0 aliphatic heterocycles. The van der Waals surface area contributed by atoms with Crippen molar-refractivity contribution in [1.29, 1.82) is 0 Å². The Bertz CT molecular complexity index is 43.6. The SMILES string of the molecule is CC.CCC.CCN(C)CC.CCO. The summed E-state index contributed by atoms with van der Waals surface area (Å²) < 4.78 is 0. The lowest BCUT2D eigenvalue weighted by Gasteiger charge is -2.07. The van der Waals surface area contributed by atoms with Gasteiger partial charge in [0, 0.05) is 6.61 Å². The van der Waals surface area contributed by atoms with Gasteiger partial charge in [-0.3, -0.25) is 0 Å². The van der Waals surface area contributed by atoms with Crippen molar-refractivity contribution in [2.24, 2.45) is 0 Å². The van der Waals surface area contributed by atoms with E-state index in [4.69, 9.17) is 5.11 Å². The summed E-state index contributed by atoms with van der Waals surface area (Å²) in [5.41, 5.74) is 0. The molecular formula is C12H33NO. The molecule has 0 aromatic carbocycles. The molecule has 0 saturated heterocycles. The molecule has 0 radical (unpaired) electrons. The maximum Gasteiger partial charge on any atom is 0.0402 e. The van der Waals surface area contributed by atoms with Gasteiger partial charge in [-0.2, -0.15) is 0 Å². The standard InChI is InChI=1S/C5H13N.C3H8.C2H6O.C2H6/c1-4-6(3)5-2;1-3-2;1-2-3;1-2/h4-5H2,1-3H3;3H2,1-2H3;3H,2H2,1H3;1-2H3. The second-order valence-corrected chi connectivity index (χ2v) is 2.51. The van der Waals surface area contributed by atoms with Crippen LogP contribution >= 0.6 is 0 Å². The van der Waals surface area contributed by atoms with E-state index in [2.05, 4.69) is 39.6 Å². The van der Waals surface area contributed by atoms with Crippen LogP contribution in [0.15, 0.2) is 0 Å². The number of aliphatic hydroxyl groups excluding tert-OH is 1. The molecule has 0 rings (SSSR count). The van der Waals surface area contributed by atoms with Crippen molar-refractivity contribution in [3.63, 3.8) is 0 Å². The molecule has 2 nitrogen and oxygen atoms in total. The maximum atomic E-state index is 7.57. The van der Waals surface area contributed by atoms with E-state index in [1.807, 2.05) is 13.8 Å². The molecule has 0 fully saturated rings. The predicted octanol–water partition coefficient (Wildman–Crippen LogP) is 3.40. The lowest BCUT2D eigenvalue weighted by molar-refractivity contribution is 0.318. The molecule has 1 N–H and O–H groups in total. The summed E-state index contributed by atoms with van der Waals surface area (Å²) in [5, 5.41) is 7.57. The smallest absolute Gasteiger partial charge is 0.0402 e. The maximum absolute atomic E-state index is 7.57. The summed E-state index contributed by atoms with van der Waals surface area (Å²) in [7, 11) is 2.11. The van der Waals surface area contributed by atoms with Gasteiger partial charge in [0.15, 0.2) is 0 Å². The van der Waals surface area contributed by atoms with Crippen LogP contribution in [0.5, 0.6) is 0 Å². The van der Waals surface area contributed by atoms with Gasteiger partial charge in [0.25, 0.3) is 0 Å². The van der Waals surface area contributed by atoms with E-state index in [1.54, 1.807) is 6.92 Å². The molecule has 0 saturated carbocycles. The van der Waals surface area contributed by atoms with E-state index >= 15 is 0 Å². The van der Waals surface area contributed by atoms with Crippen molar-refractivity contribution >= 4 is 0 Å². The molecule has 2 heteroatoms. The third-order valence-corrected chi connectivity index (χ3v) is 1.08. The average Bonchev–Trinajstić information content (AvgIpc) is 2.22. The Balaban J connectivity index is -0.0000000536. The van der Waals surface area contributed by atoms with Crippen LogP contribution in [0.2, 0.25) is 0 Å². The Morgan fingerprint density at radius 2 is 1.00 bits per heavy atom. The average molecular weight is 207 g/mol.